The Balaban J connectivity index is 2.33. The van der Waals surface area contributed by atoms with Gasteiger partial charge >= 0.3 is 0 Å². The summed E-state index contributed by atoms with van der Waals surface area (Å²) in [5.74, 6) is 0.985. The van der Waals surface area contributed by atoms with Crippen LogP contribution in [0, 0.1) is 0 Å². The van der Waals surface area contributed by atoms with Crippen LogP contribution in [0.2, 0.25) is 0 Å². The Morgan fingerprint density at radius 1 is 1.40 bits per heavy atom. The third-order valence-corrected chi connectivity index (χ3v) is 5.57. The van der Waals surface area contributed by atoms with Gasteiger partial charge < -0.3 is 14.6 Å². The van der Waals surface area contributed by atoms with Gasteiger partial charge in [-0.25, -0.2) is 8.42 Å². The predicted molar refractivity (Wildman–Crippen MR) is 76.3 cm³/mol. The molecule has 0 aromatic carbocycles. The Labute approximate surface area is 125 Å². The highest BCUT2D eigenvalue weighted by Gasteiger charge is 2.29. The van der Waals surface area contributed by atoms with Gasteiger partial charge in [0.1, 0.15) is 16.4 Å². The van der Waals surface area contributed by atoms with Crippen molar-refractivity contribution in [3.05, 3.63) is 40.7 Å². The molecule has 2 N–H and O–H groups in total. The highest BCUT2D eigenvalue weighted by Crippen LogP contribution is 2.29. The van der Waals surface area contributed by atoms with Crippen molar-refractivity contribution in [3.63, 3.8) is 0 Å². The van der Waals surface area contributed by atoms with Crippen molar-refractivity contribution in [1.29, 1.82) is 0 Å². The molecule has 2 rings (SSSR count). The van der Waals surface area contributed by atoms with E-state index in [1.54, 1.807) is 19.1 Å². The minimum atomic E-state index is -3.67. The zero-order chi connectivity index (χ0) is 14.8. The van der Waals surface area contributed by atoms with Crippen LogP contribution in [0.5, 0.6) is 0 Å². The van der Waals surface area contributed by atoms with Crippen LogP contribution in [-0.2, 0) is 23.1 Å². The fraction of sp³-hybridized carbons (Fsp3) is 0.333. The summed E-state index contributed by atoms with van der Waals surface area (Å²) < 4.78 is 37.1. The lowest BCUT2D eigenvalue weighted by Gasteiger charge is -2.18. The van der Waals surface area contributed by atoms with Crippen molar-refractivity contribution in [2.24, 2.45) is 5.73 Å². The van der Waals surface area contributed by atoms with Crippen LogP contribution in [0.1, 0.15) is 18.4 Å². The maximum Gasteiger partial charge on any atom is 0.247 e. The molecule has 6 nitrogen and oxygen atoms in total. The Hall–Kier alpha value is -1.09. The summed E-state index contributed by atoms with van der Waals surface area (Å²) >= 11 is 3.12. The zero-order valence-electron chi connectivity index (χ0n) is 10.9. The normalized spacial score (nSPS) is 12.2. The first-order valence-corrected chi connectivity index (χ1v) is 8.23. The van der Waals surface area contributed by atoms with Crippen LogP contribution < -0.4 is 5.73 Å². The second-order valence-corrected chi connectivity index (χ2v) is 6.69. The minimum absolute atomic E-state index is 0.0753. The van der Waals surface area contributed by atoms with Crippen LogP contribution in [0.25, 0.3) is 0 Å². The second-order valence-electron chi connectivity index (χ2n) is 4.07. The number of sulfonamides is 1. The van der Waals surface area contributed by atoms with E-state index in [2.05, 4.69) is 15.9 Å². The van der Waals surface area contributed by atoms with Crippen molar-refractivity contribution in [1.82, 2.24) is 4.31 Å². The standard InChI is InChI=1S/C12H15BrN2O4S/c1-2-15(8-9-4-3-5-18-9)20(16,17)11-6-10(7-14)19-12(11)13/h3-6H,2,7-8,14H2,1H3. The molecule has 0 atom stereocenters. The van der Waals surface area contributed by atoms with E-state index in [9.17, 15) is 8.42 Å². The number of halogens is 1. The van der Waals surface area contributed by atoms with Gasteiger partial charge in [-0.1, -0.05) is 6.92 Å². The molecule has 0 radical (unpaired) electrons. The molecule has 0 unspecified atom stereocenters. The van der Waals surface area contributed by atoms with E-state index in [0.717, 1.165) is 0 Å². The van der Waals surface area contributed by atoms with E-state index in [-0.39, 0.29) is 22.7 Å². The van der Waals surface area contributed by atoms with Gasteiger partial charge in [-0.05, 0) is 28.1 Å². The van der Waals surface area contributed by atoms with Gasteiger partial charge in [-0.15, -0.1) is 0 Å². The minimum Gasteiger partial charge on any atom is -0.468 e. The van der Waals surface area contributed by atoms with Crippen LogP contribution in [0.4, 0.5) is 0 Å². The Morgan fingerprint density at radius 2 is 2.15 bits per heavy atom. The van der Waals surface area contributed by atoms with Gasteiger partial charge in [0.15, 0.2) is 4.67 Å². The molecule has 0 spiro atoms. The summed E-state index contributed by atoms with van der Waals surface area (Å²) in [5, 5.41) is 0. The summed E-state index contributed by atoms with van der Waals surface area (Å²) in [6, 6.07) is 4.88. The molecule has 2 aromatic rings. The fourth-order valence-corrected chi connectivity index (χ4v) is 4.13. The van der Waals surface area contributed by atoms with Crippen molar-refractivity contribution >= 4 is 26.0 Å². The predicted octanol–water partition coefficient (Wildman–Crippen LogP) is 2.30. The molecule has 0 aliphatic rings. The van der Waals surface area contributed by atoms with Crippen LogP contribution in [0.3, 0.4) is 0 Å². The molecule has 0 saturated carbocycles. The summed E-state index contributed by atoms with van der Waals surface area (Å²) in [7, 11) is -3.67. The van der Waals surface area contributed by atoms with Crippen molar-refractivity contribution in [2.45, 2.75) is 24.9 Å². The topological polar surface area (TPSA) is 89.7 Å². The molecular weight excluding hydrogens is 348 g/mol. The summed E-state index contributed by atoms with van der Waals surface area (Å²) in [5.41, 5.74) is 5.46. The lowest BCUT2D eigenvalue weighted by atomic mass is 10.4. The van der Waals surface area contributed by atoms with E-state index < -0.39 is 10.0 Å². The molecule has 2 aromatic heterocycles. The molecule has 20 heavy (non-hydrogen) atoms. The summed E-state index contributed by atoms with van der Waals surface area (Å²) in [6.07, 6.45) is 1.51. The zero-order valence-corrected chi connectivity index (χ0v) is 13.3. The molecular formula is C12H15BrN2O4S. The van der Waals surface area contributed by atoms with Gasteiger partial charge in [-0.3, -0.25) is 0 Å². The quantitative estimate of drug-likeness (QED) is 0.851. The van der Waals surface area contributed by atoms with E-state index in [1.807, 2.05) is 0 Å². The van der Waals surface area contributed by atoms with E-state index in [4.69, 9.17) is 14.6 Å². The third kappa shape index (κ3) is 2.98. The highest BCUT2D eigenvalue weighted by molar-refractivity contribution is 9.10. The molecule has 0 aliphatic heterocycles. The van der Waals surface area contributed by atoms with Crippen molar-refractivity contribution in [2.75, 3.05) is 6.54 Å². The fourth-order valence-electron chi connectivity index (χ4n) is 1.76. The first kappa shape index (κ1) is 15.3. The number of hydrogen-bond donors (Lipinski definition) is 1. The first-order chi connectivity index (χ1) is 9.48. The van der Waals surface area contributed by atoms with E-state index in [1.165, 1.54) is 16.6 Å². The van der Waals surface area contributed by atoms with Crippen LogP contribution in [-0.4, -0.2) is 19.3 Å². The summed E-state index contributed by atoms with van der Waals surface area (Å²) in [4.78, 5) is 0.0753. The summed E-state index contributed by atoms with van der Waals surface area (Å²) in [6.45, 7) is 2.39. The Morgan fingerprint density at radius 3 is 2.65 bits per heavy atom. The number of rotatable bonds is 6. The molecule has 0 bridgehead atoms. The molecule has 0 fully saturated rings. The Bertz CT molecular complexity index is 664. The SMILES string of the molecule is CCN(Cc1ccco1)S(=O)(=O)c1cc(CN)oc1Br. The van der Waals surface area contributed by atoms with Crippen molar-refractivity contribution in [3.8, 4) is 0 Å². The van der Waals surface area contributed by atoms with Crippen LogP contribution in [0.15, 0.2) is 42.9 Å². The van der Waals surface area contributed by atoms with E-state index >= 15 is 0 Å². The monoisotopic (exact) mass is 362 g/mol. The number of nitrogens with two attached hydrogens (primary N) is 1. The maximum atomic E-state index is 12.6. The highest BCUT2D eigenvalue weighted by atomic mass is 79.9. The number of nitrogens with zero attached hydrogens (tertiary/aromatic N) is 1. The van der Waals surface area contributed by atoms with Gasteiger partial charge in [0.2, 0.25) is 10.0 Å². The average molecular weight is 363 g/mol. The molecule has 2 heterocycles. The Kier molecular flexibility index (Phi) is 4.69. The van der Waals surface area contributed by atoms with Gasteiger partial charge in [0.05, 0.1) is 19.4 Å². The number of furan rings is 2. The smallest absolute Gasteiger partial charge is 0.247 e. The van der Waals surface area contributed by atoms with Crippen LogP contribution >= 0.6 is 15.9 Å². The van der Waals surface area contributed by atoms with Gasteiger partial charge in [0, 0.05) is 12.6 Å². The van der Waals surface area contributed by atoms with Gasteiger partial charge in [-0.2, -0.15) is 4.31 Å². The second kappa shape index (κ2) is 6.13. The van der Waals surface area contributed by atoms with Gasteiger partial charge in [0.25, 0.3) is 0 Å². The largest absolute Gasteiger partial charge is 0.468 e. The molecule has 0 aliphatic carbocycles. The molecule has 8 heteroatoms. The van der Waals surface area contributed by atoms with Crippen molar-refractivity contribution < 1.29 is 17.3 Å². The first-order valence-electron chi connectivity index (χ1n) is 5.99. The molecule has 0 amide bonds. The maximum absolute atomic E-state index is 12.6. The molecule has 110 valence electrons. The lowest BCUT2D eigenvalue weighted by Crippen LogP contribution is -2.30. The average Bonchev–Trinajstić information content (AvgIpc) is 3.04. The molecule has 0 saturated heterocycles. The lowest BCUT2D eigenvalue weighted by molar-refractivity contribution is 0.374. The third-order valence-electron chi connectivity index (χ3n) is 2.79. The van der Waals surface area contributed by atoms with E-state index in [0.29, 0.717) is 18.1 Å². The number of hydrogen-bond acceptors (Lipinski definition) is 5.